The smallest absolute Gasteiger partial charge is 0.0478 e. The monoisotopic (exact) mass is 246 g/mol. The standard InChI is InChI=1S/C13H26S2/c1-11(2)8-6-5-7-9-13(14)15-10-12(3)4/h11-12H,5-10H2,1-4H3. The normalized spacial score (nSPS) is 11.3. The Morgan fingerprint density at radius 2 is 1.67 bits per heavy atom. The van der Waals surface area contributed by atoms with Crippen molar-refractivity contribution in [2.24, 2.45) is 11.8 Å². The van der Waals surface area contributed by atoms with Gasteiger partial charge in [0.25, 0.3) is 0 Å². The van der Waals surface area contributed by atoms with E-state index < -0.39 is 0 Å². The summed E-state index contributed by atoms with van der Waals surface area (Å²) in [6.45, 7) is 9.09. The van der Waals surface area contributed by atoms with E-state index in [0.717, 1.165) is 18.3 Å². The topological polar surface area (TPSA) is 0 Å². The maximum atomic E-state index is 5.34. The third-order valence-corrected chi connectivity index (χ3v) is 4.16. The fourth-order valence-corrected chi connectivity index (χ4v) is 2.49. The highest BCUT2D eigenvalue weighted by Gasteiger charge is 2.01. The van der Waals surface area contributed by atoms with Crippen LogP contribution in [-0.4, -0.2) is 9.95 Å². The van der Waals surface area contributed by atoms with Gasteiger partial charge in [0.2, 0.25) is 0 Å². The molecule has 0 rings (SSSR count). The Hall–Kier alpha value is 0.440. The molecule has 0 nitrogen and oxygen atoms in total. The molecule has 0 bridgehead atoms. The molecule has 90 valence electrons. The van der Waals surface area contributed by atoms with Crippen LogP contribution in [0.25, 0.3) is 0 Å². The van der Waals surface area contributed by atoms with Crippen molar-refractivity contribution in [3.05, 3.63) is 0 Å². The molecular weight excluding hydrogens is 220 g/mol. The van der Waals surface area contributed by atoms with Gasteiger partial charge in [-0.1, -0.05) is 59.2 Å². The summed E-state index contributed by atoms with van der Waals surface area (Å²) < 4.78 is 1.22. The predicted molar refractivity (Wildman–Crippen MR) is 77.8 cm³/mol. The highest BCUT2D eigenvalue weighted by Crippen LogP contribution is 2.16. The highest BCUT2D eigenvalue weighted by atomic mass is 32.2. The maximum Gasteiger partial charge on any atom is 0.0478 e. The molecule has 0 unspecified atom stereocenters. The van der Waals surface area contributed by atoms with Gasteiger partial charge in [-0.3, -0.25) is 0 Å². The Labute approximate surface area is 106 Å². The van der Waals surface area contributed by atoms with Crippen molar-refractivity contribution in [3.63, 3.8) is 0 Å². The molecular formula is C13H26S2. The second kappa shape index (κ2) is 9.65. The van der Waals surface area contributed by atoms with Crippen LogP contribution in [0.4, 0.5) is 0 Å². The van der Waals surface area contributed by atoms with Crippen LogP contribution in [0.1, 0.15) is 59.8 Å². The van der Waals surface area contributed by atoms with Crippen molar-refractivity contribution < 1.29 is 0 Å². The summed E-state index contributed by atoms with van der Waals surface area (Å²) in [6, 6.07) is 0. The molecule has 15 heavy (non-hydrogen) atoms. The van der Waals surface area contributed by atoms with Crippen LogP contribution in [0, 0.1) is 11.8 Å². The Balaban J connectivity index is 3.24. The molecule has 0 radical (unpaired) electrons. The Morgan fingerprint density at radius 3 is 2.20 bits per heavy atom. The summed E-state index contributed by atoms with van der Waals surface area (Å²) in [5, 5.41) is 0. The van der Waals surface area contributed by atoms with E-state index in [1.807, 2.05) is 11.8 Å². The van der Waals surface area contributed by atoms with Gasteiger partial charge < -0.3 is 0 Å². The molecule has 0 aliphatic rings. The molecule has 0 aromatic rings. The molecule has 0 aromatic heterocycles. The van der Waals surface area contributed by atoms with E-state index in [9.17, 15) is 0 Å². The molecule has 0 aliphatic carbocycles. The van der Waals surface area contributed by atoms with Crippen molar-refractivity contribution in [2.75, 3.05) is 5.75 Å². The average molecular weight is 246 g/mol. The van der Waals surface area contributed by atoms with Crippen LogP contribution in [-0.2, 0) is 0 Å². The quantitative estimate of drug-likeness (QED) is 0.420. The first-order chi connectivity index (χ1) is 7.02. The van der Waals surface area contributed by atoms with Gasteiger partial charge in [-0.05, 0) is 24.7 Å². The van der Waals surface area contributed by atoms with Crippen LogP contribution in [0.2, 0.25) is 0 Å². The minimum atomic E-state index is 0.758. The van der Waals surface area contributed by atoms with E-state index >= 15 is 0 Å². The van der Waals surface area contributed by atoms with Crippen molar-refractivity contribution in [1.29, 1.82) is 0 Å². The lowest BCUT2D eigenvalue weighted by molar-refractivity contribution is 0.531. The fourth-order valence-electron chi connectivity index (χ4n) is 1.33. The van der Waals surface area contributed by atoms with Crippen LogP contribution in [0.15, 0.2) is 0 Å². The van der Waals surface area contributed by atoms with Crippen molar-refractivity contribution in [3.8, 4) is 0 Å². The molecule has 0 fully saturated rings. The fraction of sp³-hybridized carbons (Fsp3) is 0.923. The molecule has 0 amide bonds. The second-order valence-corrected chi connectivity index (χ2v) is 6.94. The highest BCUT2D eigenvalue weighted by molar-refractivity contribution is 8.23. The minimum absolute atomic E-state index is 0.758. The molecule has 0 heterocycles. The Morgan fingerprint density at radius 1 is 1.00 bits per heavy atom. The Bertz CT molecular complexity index is 162. The van der Waals surface area contributed by atoms with E-state index in [-0.39, 0.29) is 0 Å². The third-order valence-electron chi connectivity index (χ3n) is 2.24. The zero-order chi connectivity index (χ0) is 11.7. The van der Waals surface area contributed by atoms with Gasteiger partial charge in [0, 0.05) is 9.95 Å². The molecule has 0 N–H and O–H groups in total. The molecule has 0 atom stereocenters. The first-order valence-corrected chi connectivity index (χ1v) is 7.57. The lowest BCUT2D eigenvalue weighted by Crippen LogP contribution is -1.96. The molecule has 0 saturated heterocycles. The van der Waals surface area contributed by atoms with Gasteiger partial charge in [0.15, 0.2) is 0 Å². The predicted octanol–water partition coefficient (Wildman–Crippen LogP) is 5.31. The Kier molecular flexibility index (Phi) is 9.93. The van der Waals surface area contributed by atoms with Gasteiger partial charge in [-0.25, -0.2) is 0 Å². The molecule has 2 heteroatoms. The van der Waals surface area contributed by atoms with Crippen LogP contribution >= 0.6 is 24.0 Å². The first kappa shape index (κ1) is 15.4. The van der Waals surface area contributed by atoms with E-state index in [1.54, 1.807) is 0 Å². The van der Waals surface area contributed by atoms with Gasteiger partial charge in [-0.15, -0.1) is 11.8 Å². The summed E-state index contributed by atoms with van der Waals surface area (Å²) in [5.41, 5.74) is 0. The summed E-state index contributed by atoms with van der Waals surface area (Å²) >= 11 is 7.22. The zero-order valence-corrected chi connectivity index (χ0v) is 12.3. The van der Waals surface area contributed by atoms with Crippen LogP contribution in [0.3, 0.4) is 0 Å². The first-order valence-electron chi connectivity index (χ1n) is 6.18. The summed E-state index contributed by atoms with van der Waals surface area (Å²) in [7, 11) is 0. The summed E-state index contributed by atoms with van der Waals surface area (Å²) in [6.07, 6.45) is 6.52. The van der Waals surface area contributed by atoms with Crippen molar-refractivity contribution in [1.82, 2.24) is 0 Å². The minimum Gasteiger partial charge on any atom is -0.119 e. The summed E-state index contributed by atoms with van der Waals surface area (Å²) in [4.78, 5) is 0. The number of thiocarbonyl (C=S) groups is 1. The third kappa shape index (κ3) is 12.4. The molecule has 0 saturated carbocycles. The number of hydrogen-bond acceptors (Lipinski definition) is 2. The lowest BCUT2D eigenvalue weighted by atomic mass is 10.0. The van der Waals surface area contributed by atoms with Gasteiger partial charge in [0.05, 0.1) is 0 Å². The van der Waals surface area contributed by atoms with Gasteiger partial charge in [0.1, 0.15) is 0 Å². The lowest BCUT2D eigenvalue weighted by Gasteiger charge is -2.06. The average Bonchev–Trinajstić information content (AvgIpc) is 2.13. The van der Waals surface area contributed by atoms with Gasteiger partial charge >= 0.3 is 0 Å². The van der Waals surface area contributed by atoms with E-state index in [0.29, 0.717) is 0 Å². The maximum absolute atomic E-state index is 5.34. The number of thioether (sulfide) groups is 1. The second-order valence-electron chi connectivity index (χ2n) is 5.07. The summed E-state index contributed by atoms with van der Waals surface area (Å²) in [5.74, 6) is 2.80. The number of unbranched alkanes of at least 4 members (excludes halogenated alkanes) is 2. The van der Waals surface area contributed by atoms with Crippen LogP contribution < -0.4 is 0 Å². The molecule has 0 spiro atoms. The van der Waals surface area contributed by atoms with E-state index in [4.69, 9.17) is 12.2 Å². The van der Waals surface area contributed by atoms with Gasteiger partial charge in [-0.2, -0.15) is 0 Å². The van der Waals surface area contributed by atoms with Crippen molar-refractivity contribution in [2.45, 2.75) is 59.8 Å². The van der Waals surface area contributed by atoms with E-state index in [2.05, 4.69) is 27.7 Å². The number of hydrogen-bond donors (Lipinski definition) is 0. The van der Waals surface area contributed by atoms with Crippen molar-refractivity contribution >= 4 is 28.2 Å². The van der Waals surface area contributed by atoms with Crippen LogP contribution in [0.5, 0.6) is 0 Å². The molecule has 0 aromatic carbocycles. The zero-order valence-electron chi connectivity index (χ0n) is 10.7. The van der Waals surface area contributed by atoms with E-state index in [1.165, 1.54) is 35.6 Å². The molecule has 0 aliphatic heterocycles. The number of rotatable bonds is 8. The SMILES string of the molecule is CC(C)CCCCCC(=S)SCC(C)C. The largest absolute Gasteiger partial charge is 0.119 e.